The van der Waals surface area contributed by atoms with E-state index in [4.69, 9.17) is 4.74 Å². The Morgan fingerprint density at radius 3 is 2.60 bits per heavy atom. The summed E-state index contributed by atoms with van der Waals surface area (Å²) in [6, 6.07) is 6.98. The molecule has 2 aromatic rings. The molecule has 136 valence electrons. The number of hydrogen-bond donors (Lipinski definition) is 1. The summed E-state index contributed by atoms with van der Waals surface area (Å²) in [5.41, 5.74) is 1.04. The van der Waals surface area contributed by atoms with E-state index in [-0.39, 0.29) is 5.82 Å². The Hall–Kier alpha value is -1.57. The van der Waals surface area contributed by atoms with Crippen LogP contribution in [0, 0.1) is 11.7 Å². The van der Waals surface area contributed by atoms with E-state index in [9.17, 15) is 4.39 Å². The van der Waals surface area contributed by atoms with Crippen LogP contribution in [0.5, 0.6) is 0 Å². The molecule has 3 rings (SSSR count). The van der Waals surface area contributed by atoms with Crippen molar-refractivity contribution in [1.29, 1.82) is 0 Å². The van der Waals surface area contributed by atoms with Crippen LogP contribution in [0.15, 0.2) is 24.3 Å². The zero-order valence-electron chi connectivity index (χ0n) is 14.7. The highest BCUT2D eigenvalue weighted by Crippen LogP contribution is 2.20. The van der Waals surface area contributed by atoms with E-state index in [0.29, 0.717) is 18.4 Å². The Morgan fingerprint density at radius 2 is 1.92 bits per heavy atom. The van der Waals surface area contributed by atoms with Gasteiger partial charge in [-0.1, -0.05) is 37.3 Å². The molecule has 1 fully saturated rings. The molecular formula is C18H25FN4OS. The Bertz CT molecular complexity index is 655. The zero-order valence-corrected chi connectivity index (χ0v) is 15.6. The fourth-order valence-electron chi connectivity index (χ4n) is 3.06. The maximum Gasteiger partial charge on any atom is 0.205 e. The van der Waals surface area contributed by atoms with Gasteiger partial charge < -0.3 is 10.1 Å². The van der Waals surface area contributed by atoms with Gasteiger partial charge in [-0.15, -0.1) is 10.2 Å². The lowest BCUT2D eigenvalue weighted by Crippen LogP contribution is -2.49. The van der Waals surface area contributed by atoms with Crippen LogP contribution in [0.25, 0.3) is 0 Å². The lowest BCUT2D eigenvalue weighted by Gasteiger charge is -2.36. The molecule has 0 aliphatic carbocycles. The predicted octanol–water partition coefficient (Wildman–Crippen LogP) is 3.04. The minimum Gasteiger partial charge on any atom is -0.379 e. The van der Waals surface area contributed by atoms with Crippen LogP contribution < -0.4 is 5.32 Å². The number of nitrogens with zero attached hydrogens (tertiary/aromatic N) is 3. The van der Waals surface area contributed by atoms with Gasteiger partial charge in [0.05, 0.1) is 13.2 Å². The van der Waals surface area contributed by atoms with Crippen LogP contribution in [0.1, 0.15) is 24.4 Å². The molecule has 1 saturated heterocycles. The third-order valence-electron chi connectivity index (χ3n) is 4.48. The Morgan fingerprint density at radius 1 is 1.20 bits per heavy atom. The van der Waals surface area contributed by atoms with Crippen molar-refractivity contribution in [2.75, 3.05) is 38.2 Å². The van der Waals surface area contributed by atoms with Gasteiger partial charge in [-0.2, -0.15) is 0 Å². The Kier molecular flexibility index (Phi) is 6.34. The summed E-state index contributed by atoms with van der Waals surface area (Å²) in [7, 11) is 0. The number of morpholine rings is 1. The quantitative estimate of drug-likeness (QED) is 0.818. The molecule has 1 unspecified atom stereocenters. The fraction of sp³-hybridized carbons (Fsp3) is 0.556. The zero-order chi connectivity index (χ0) is 17.6. The highest BCUT2D eigenvalue weighted by atomic mass is 32.1. The highest BCUT2D eigenvalue weighted by molar-refractivity contribution is 7.15. The van der Waals surface area contributed by atoms with Crippen LogP contribution in [0.4, 0.5) is 9.52 Å². The van der Waals surface area contributed by atoms with Crippen LogP contribution in [-0.4, -0.2) is 54.0 Å². The van der Waals surface area contributed by atoms with Gasteiger partial charge in [-0.05, 0) is 23.6 Å². The standard InChI is InChI=1S/C18H25FN4OS/c1-13(2)16(23-7-9-24-10-8-23)12-20-18-22-21-17(25-18)11-14-3-5-15(19)6-4-14/h3-6,13,16H,7-12H2,1-2H3,(H,20,22). The smallest absolute Gasteiger partial charge is 0.205 e. The molecule has 0 bridgehead atoms. The van der Waals surface area contributed by atoms with Gasteiger partial charge in [-0.25, -0.2) is 4.39 Å². The molecule has 1 aromatic carbocycles. The number of hydrogen-bond acceptors (Lipinski definition) is 6. The van der Waals surface area contributed by atoms with Crippen molar-refractivity contribution in [1.82, 2.24) is 15.1 Å². The topological polar surface area (TPSA) is 50.3 Å². The third-order valence-corrected chi connectivity index (χ3v) is 5.36. The number of ether oxygens (including phenoxy) is 1. The minimum atomic E-state index is -0.216. The first kappa shape index (κ1) is 18.2. The number of aromatic nitrogens is 2. The number of rotatable bonds is 7. The maximum atomic E-state index is 13.0. The van der Waals surface area contributed by atoms with Crippen LogP contribution >= 0.6 is 11.3 Å². The molecule has 5 nitrogen and oxygen atoms in total. The summed E-state index contributed by atoms with van der Waals surface area (Å²) in [5.74, 6) is 0.336. The summed E-state index contributed by atoms with van der Waals surface area (Å²) in [5, 5.41) is 13.7. The van der Waals surface area contributed by atoms with Gasteiger partial charge in [0.25, 0.3) is 0 Å². The first-order chi connectivity index (χ1) is 12.1. The number of anilines is 1. The van der Waals surface area contributed by atoms with Crippen molar-refractivity contribution in [3.05, 3.63) is 40.7 Å². The second-order valence-corrected chi connectivity index (χ2v) is 7.71. The van der Waals surface area contributed by atoms with E-state index in [1.54, 1.807) is 23.5 Å². The largest absolute Gasteiger partial charge is 0.379 e. The van der Waals surface area contributed by atoms with Crippen molar-refractivity contribution in [2.45, 2.75) is 26.3 Å². The van der Waals surface area contributed by atoms with E-state index in [1.165, 1.54) is 12.1 Å². The van der Waals surface area contributed by atoms with Gasteiger partial charge in [-0.3, -0.25) is 4.90 Å². The average molecular weight is 364 g/mol. The van der Waals surface area contributed by atoms with Crippen molar-refractivity contribution in [2.24, 2.45) is 5.92 Å². The van der Waals surface area contributed by atoms with E-state index >= 15 is 0 Å². The highest BCUT2D eigenvalue weighted by Gasteiger charge is 2.23. The summed E-state index contributed by atoms with van der Waals surface area (Å²) in [4.78, 5) is 2.49. The van der Waals surface area contributed by atoms with E-state index < -0.39 is 0 Å². The first-order valence-corrected chi connectivity index (χ1v) is 9.56. The maximum absolute atomic E-state index is 13.0. The normalized spacial score (nSPS) is 17.0. The molecule has 1 aromatic heterocycles. The van der Waals surface area contributed by atoms with Crippen molar-refractivity contribution in [3.63, 3.8) is 0 Å². The second-order valence-electron chi connectivity index (χ2n) is 6.64. The average Bonchev–Trinajstić information content (AvgIpc) is 3.05. The van der Waals surface area contributed by atoms with Gasteiger partial charge in [0.2, 0.25) is 5.13 Å². The molecule has 25 heavy (non-hydrogen) atoms. The third kappa shape index (κ3) is 5.20. The number of benzene rings is 1. The van der Waals surface area contributed by atoms with Gasteiger partial charge >= 0.3 is 0 Å². The van der Waals surface area contributed by atoms with E-state index in [2.05, 4.69) is 34.3 Å². The van der Waals surface area contributed by atoms with E-state index in [0.717, 1.165) is 48.6 Å². The lowest BCUT2D eigenvalue weighted by molar-refractivity contribution is 0.00954. The molecule has 1 N–H and O–H groups in total. The molecule has 0 saturated carbocycles. The van der Waals surface area contributed by atoms with Crippen LogP contribution in [-0.2, 0) is 11.2 Å². The number of nitrogens with one attached hydrogen (secondary N) is 1. The van der Waals surface area contributed by atoms with Gasteiger partial charge in [0, 0.05) is 32.1 Å². The van der Waals surface area contributed by atoms with Gasteiger partial charge in [0.1, 0.15) is 10.8 Å². The molecule has 0 amide bonds. The lowest BCUT2D eigenvalue weighted by atomic mass is 10.0. The van der Waals surface area contributed by atoms with Crippen LogP contribution in [0.3, 0.4) is 0 Å². The summed E-state index contributed by atoms with van der Waals surface area (Å²) in [6.45, 7) is 8.94. The van der Waals surface area contributed by atoms with Crippen molar-refractivity contribution < 1.29 is 9.13 Å². The number of halogens is 1. The summed E-state index contributed by atoms with van der Waals surface area (Å²) in [6.07, 6.45) is 0.677. The predicted molar refractivity (Wildman–Crippen MR) is 98.6 cm³/mol. The molecule has 0 radical (unpaired) electrons. The molecule has 1 aliphatic rings. The monoisotopic (exact) mass is 364 g/mol. The Balaban J connectivity index is 1.55. The molecule has 7 heteroatoms. The summed E-state index contributed by atoms with van der Waals surface area (Å²) < 4.78 is 18.4. The molecular weight excluding hydrogens is 339 g/mol. The SMILES string of the molecule is CC(C)C(CNc1nnc(Cc2ccc(F)cc2)s1)N1CCOCC1. The van der Waals surface area contributed by atoms with Crippen LogP contribution in [0.2, 0.25) is 0 Å². The van der Waals surface area contributed by atoms with Gasteiger partial charge in [0.15, 0.2) is 0 Å². The molecule has 0 spiro atoms. The molecule has 1 aliphatic heterocycles. The first-order valence-electron chi connectivity index (χ1n) is 8.74. The molecule has 1 atom stereocenters. The summed E-state index contributed by atoms with van der Waals surface area (Å²) >= 11 is 1.56. The van der Waals surface area contributed by atoms with E-state index in [1.807, 2.05) is 0 Å². The minimum absolute atomic E-state index is 0.216. The molecule has 2 heterocycles. The van der Waals surface area contributed by atoms with Crippen molar-refractivity contribution >= 4 is 16.5 Å². The fourth-order valence-corrected chi connectivity index (χ4v) is 3.84. The Labute approximate surface area is 152 Å². The second kappa shape index (κ2) is 8.69. The van der Waals surface area contributed by atoms with Crippen molar-refractivity contribution in [3.8, 4) is 0 Å².